The highest BCUT2D eigenvalue weighted by molar-refractivity contribution is 5.75. The van der Waals surface area contributed by atoms with Crippen LogP contribution in [0.3, 0.4) is 0 Å². The summed E-state index contributed by atoms with van der Waals surface area (Å²) in [6.07, 6.45) is 17.1. The fraction of sp³-hybridized carbons (Fsp3) is 1.00. The molecule has 0 saturated heterocycles. The summed E-state index contributed by atoms with van der Waals surface area (Å²) in [4.78, 5) is 0. The van der Waals surface area contributed by atoms with E-state index in [1.165, 1.54) is 19.3 Å². The van der Waals surface area contributed by atoms with E-state index in [1.54, 1.807) is 51.4 Å². The van der Waals surface area contributed by atoms with Gasteiger partial charge in [0.2, 0.25) is 0 Å². The van der Waals surface area contributed by atoms with Gasteiger partial charge in [0.1, 0.15) is 0 Å². The van der Waals surface area contributed by atoms with Crippen molar-refractivity contribution in [1.29, 1.82) is 0 Å². The summed E-state index contributed by atoms with van der Waals surface area (Å²) >= 11 is 0. The molecule has 4 fully saturated rings. The van der Waals surface area contributed by atoms with Gasteiger partial charge in [-0.3, -0.25) is 0 Å². The van der Waals surface area contributed by atoms with Crippen molar-refractivity contribution < 1.29 is 1.43 Å². The summed E-state index contributed by atoms with van der Waals surface area (Å²) in [5, 5.41) is 0. The van der Waals surface area contributed by atoms with E-state index in [0.717, 1.165) is 34.5 Å². The molecule has 0 amide bonds. The van der Waals surface area contributed by atoms with Crippen LogP contribution in [-0.2, 0) is 0 Å². The maximum Gasteiger partial charge on any atom is 0 e. The highest BCUT2D eigenvalue weighted by atomic mass is 14.6. The minimum absolute atomic E-state index is 0. The summed E-state index contributed by atoms with van der Waals surface area (Å²) in [6.45, 7) is 5.33. The summed E-state index contributed by atoms with van der Waals surface area (Å²) in [5.74, 6) is 4.41. The van der Waals surface area contributed by atoms with E-state index in [2.05, 4.69) is 13.8 Å². The summed E-state index contributed by atoms with van der Waals surface area (Å²) in [7, 11) is 0. The van der Waals surface area contributed by atoms with Crippen molar-refractivity contribution >= 4 is 8.41 Å². The van der Waals surface area contributed by atoms with Crippen LogP contribution in [0.1, 0.15) is 101 Å². The van der Waals surface area contributed by atoms with E-state index in [1.807, 2.05) is 0 Å². The molecule has 4 aliphatic rings. The zero-order chi connectivity index (χ0) is 13.1. The first-order chi connectivity index (χ1) is 9.13. The van der Waals surface area contributed by atoms with Gasteiger partial charge in [-0.05, 0) is 85.9 Å². The van der Waals surface area contributed by atoms with Gasteiger partial charge in [-0.1, -0.05) is 48.0 Å². The van der Waals surface area contributed by atoms with Crippen LogP contribution in [-0.4, -0.2) is 8.41 Å². The molecule has 0 heterocycles. The summed E-state index contributed by atoms with van der Waals surface area (Å²) in [5.41, 5.74) is 1.49. The third-order valence-electron chi connectivity index (χ3n) is 8.36. The zero-order valence-electron chi connectivity index (χ0n) is 14.4. The topological polar surface area (TPSA) is 35.0 Å². The molecular weight excluding hydrogens is 277 g/mol. The fourth-order valence-corrected chi connectivity index (χ4v) is 7.29. The molecule has 3 N–H and O–H groups in total. The van der Waals surface area contributed by atoms with Crippen molar-refractivity contribution in [2.24, 2.45) is 34.5 Å². The minimum atomic E-state index is 0. The predicted octanol–water partition coefficient (Wildman–Crippen LogP) is 7.11. The summed E-state index contributed by atoms with van der Waals surface area (Å²) in [6, 6.07) is 0. The molecule has 1 nitrogen and oxygen atoms in total. The van der Waals surface area contributed by atoms with E-state index >= 15 is 0 Å². The van der Waals surface area contributed by atoms with Crippen LogP contribution in [0, 0.1) is 34.5 Å². The van der Waals surface area contributed by atoms with E-state index in [-0.39, 0.29) is 30.8 Å². The predicted molar refractivity (Wildman–Crippen MR) is 107 cm³/mol. The number of hydrogen-bond acceptors (Lipinski definition) is 1. The molecule has 3 radical (unpaired) electrons. The Labute approximate surface area is 150 Å². The molecular formula is C21H45BN. The van der Waals surface area contributed by atoms with Crippen LogP contribution in [0.2, 0.25) is 0 Å². The Kier molecular flexibility index (Phi) is 7.95. The Morgan fingerprint density at radius 2 is 1.48 bits per heavy atom. The lowest BCUT2D eigenvalue weighted by Gasteiger charge is -2.60. The fourth-order valence-electron chi connectivity index (χ4n) is 7.29. The molecule has 0 bridgehead atoms. The van der Waals surface area contributed by atoms with Crippen molar-refractivity contribution in [3.63, 3.8) is 0 Å². The molecule has 0 spiro atoms. The Balaban J connectivity index is 0. The molecule has 0 aromatic carbocycles. The van der Waals surface area contributed by atoms with Crippen LogP contribution in [0.15, 0.2) is 0 Å². The largest absolute Gasteiger partial charge is 0.344 e. The molecule has 23 heavy (non-hydrogen) atoms. The Morgan fingerprint density at radius 3 is 2.22 bits per heavy atom. The molecule has 0 aromatic heterocycles. The Morgan fingerprint density at radius 1 is 0.739 bits per heavy atom. The molecule has 0 aromatic rings. The average Bonchev–Trinajstić information content (AvgIpc) is 2.79. The van der Waals surface area contributed by atoms with Gasteiger partial charge in [0.05, 0.1) is 0 Å². The van der Waals surface area contributed by atoms with Crippen LogP contribution >= 0.6 is 0 Å². The average molecular weight is 323 g/mol. The number of hydrogen-bond donors (Lipinski definition) is 1. The van der Waals surface area contributed by atoms with Gasteiger partial charge >= 0.3 is 0 Å². The third-order valence-corrected chi connectivity index (χ3v) is 8.36. The molecule has 4 saturated carbocycles. The highest BCUT2D eigenvalue weighted by Crippen LogP contribution is 2.66. The van der Waals surface area contributed by atoms with Crippen molar-refractivity contribution in [3.05, 3.63) is 0 Å². The lowest BCUT2D eigenvalue weighted by molar-refractivity contribution is -0.103. The summed E-state index contributed by atoms with van der Waals surface area (Å²) < 4.78 is 0. The van der Waals surface area contributed by atoms with Gasteiger partial charge in [0.15, 0.2) is 0 Å². The van der Waals surface area contributed by atoms with E-state index < -0.39 is 0 Å². The van der Waals surface area contributed by atoms with Crippen molar-refractivity contribution in [1.82, 2.24) is 6.15 Å². The second-order valence-corrected chi connectivity index (χ2v) is 8.99. The van der Waals surface area contributed by atoms with Crippen LogP contribution in [0.4, 0.5) is 0 Å². The second-order valence-electron chi connectivity index (χ2n) is 8.99. The zero-order valence-corrected chi connectivity index (χ0v) is 14.4. The lowest BCUT2D eigenvalue weighted by Crippen LogP contribution is -2.51. The number of rotatable bonds is 0. The highest BCUT2D eigenvalue weighted by Gasteiger charge is 2.56. The third kappa shape index (κ3) is 3.26. The smallest absolute Gasteiger partial charge is 0 e. The maximum absolute atomic E-state index is 2.70. The first kappa shape index (κ1) is 23.0. The normalized spacial score (nSPS) is 47.2. The molecule has 4 aliphatic carbocycles. The van der Waals surface area contributed by atoms with Crippen LogP contribution in [0.5, 0.6) is 0 Å². The quantitative estimate of drug-likeness (QED) is 0.474. The van der Waals surface area contributed by atoms with Crippen LogP contribution < -0.4 is 6.15 Å². The van der Waals surface area contributed by atoms with E-state index in [0.29, 0.717) is 0 Å². The van der Waals surface area contributed by atoms with Gasteiger partial charge in [-0.15, -0.1) is 0 Å². The lowest BCUT2D eigenvalue weighted by atomic mass is 9.45. The van der Waals surface area contributed by atoms with Crippen LogP contribution in [0.25, 0.3) is 0 Å². The number of fused-ring (bicyclic) bond motifs is 5. The first-order valence-electron chi connectivity index (χ1n) is 9.13. The Hall–Kier alpha value is 0.0249. The molecule has 0 aliphatic heterocycles. The van der Waals surface area contributed by atoms with Gasteiger partial charge in [-0.2, -0.15) is 0 Å². The Bertz CT molecular complexity index is 377. The standard InChI is InChI=1S/C19H32.2CH4.B.H3N.H2/c1-18-11-5-7-16(18)15-9-8-14-6-3-4-12-19(14,2)17(15)10-13-18;;;;;/h14-17H,3-13H2,1-2H3;2*1H4;;1H3;1H/t14-,15?,16?,17?,18+,19+;;;;;/m1...../s1/i;;;;;1+1. The maximum atomic E-state index is 2.70. The molecule has 2 heteroatoms. The molecule has 4 rings (SSSR count). The molecule has 137 valence electrons. The molecule has 6 atom stereocenters. The first-order valence-corrected chi connectivity index (χ1v) is 9.13. The van der Waals surface area contributed by atoms with Gasteiger partial charge in [-0.25, -0.2) is 0 Å². The van der Waals surface area contributed by atoms with E-state index in [4.69, 9.17) is 0 Å². The molecule has 3 unspecified atom stereocenters. The van der Waals surface area contributed by atoms with E-state index in [9.17, 15) is 0 Å². The monoisotopic (exact) mass is 323 g/mol. The van der Waals surface area contributed by atoms with Gasteiger partial charge in [0, 0.05) is 9.84 Å². The second kappa shape index (κ2) is 7.94. The minimum Gasteiger partial charge on any atom is -0.344 e. The van der Waals surface area contributed by atoms with Crippen molar-refractivity contribution in [2.75, 3.05) is 0 Å². The van der Waals surface area contributed by atoms with Gasteiger partial charge < -0.3 is 6.15 Å². The van der Waals surface area contributed by atoms with Crippen molar-refractivity contribution in [3.8, 4) is 0 Å². The van der Waals surface area contributed by atoms with Gasteiger partial charge in [0.25, 0.3) is 0 Å². The van der Waals surface area contributed by atoms with Crippen molar-refractivity contribution in [2.45, 2.75) is 99.3 Å². The SMILES string of the molecule is C.C.C[C@@]12CCCC1C1CC[C@H]3CCCC[C@]3(C)C1CC2.N.[2HH].[B].